The lowest BCUT2D eigenvalue weighted by molar-refractivity contribution is -0.127. The quantitative estimate of drug-likeness (QED) is 0.533. The van der Waals surface area contributed by atoms with Crippen LogP contribution in [-0.4, -0.2) is 94.7 Å². The zero-order chi connectivity index (χ0) is 19.2. The highest BCUT2D eigenvalue weighted by Crippen LogP contribution is 2.18. The Labute approximate surface area is 164 Å². The zero-order valence-corrected chi connectivity index (χ0v) is 16.1. The molecule has 0 atom stereocenters. The predicted octanol–water partition coefficient (Wildman–Crippen LogP) is 0.521. The van der Waals surface area contributed by atoms with Crippen molar-refractivity contribution in [3.63, 3.8) is 0 Å². The van der Waals surface area contributed by atoms with Gasteiger partial charge in [0.2, 0.25) is 11.9 Å². The van der Waals surface area contributed by atoms with E-state index >= 15 is 0 Å². The van der Waals surface area contributed by atoms with E-state index in [1.807, 2.05) is 4.90 Å². The number of morpholine rings is 1. The largest absolute Gasteiger partial charge is 0.379 e. The molecule has 0 saturated carbocycles. The van der Waals surface area contributed by atoms with Crippen LogP contribution in [0.15, 0.2) is 6.33 Å². The van der Waals surface area contributed by atoms with Crippen molar-refractivity contribution in [3.8, 4) is 0 Å². The number of H-pyrrole nitrogens is 1. The van der Waals surface area contributed by atoms with E-state index < -0.39 is 0 Å². The number of anilines is 2. The van der Waals surface area contributed by atoms with Crippen molar-refractivity contribution in [1.82, 2.24) is 29.7 Å². The number of hydrogen-bond acceptors (Lipinski definition) is 8. The lowest BCUT2D eigenvalue weighted by atomic mass is 10.4. The summed E-state index contributed by atoms with van der Waals surface area (Å²) in [6.45, 7) is 7.65. The molecule has 4 heterocycles. The van der Waals surface area contributed by atoms with Crippen LogP contribution in [0.4, 0.5) is 11.8 Å². The number of nitrogens with zero attached hydrogens (tertiary/aromatic N) is 5. The highest BCUT2D eigenvalue weighted by molar-refractivity contribution is 5.83. The van der Waals surface area contributed by atoms with E-state index in [0.717, 1.165) is 76.7 Å². The molecule has 2 aliphatic rings. The number of carbonyl (C=O) groups excluding carboxylic acids is 1. The topological polar surface area (TPSA) is 111 Å². The second-order valence-corrected chi connectivity index (χ2v) is 7.14. The standard InChI is InChI=1S/C18H28N8O2/c27-14-3-1-6-26(14)7-2-4-20-18-23-16(15-17(24-18)22-13-21-15)19-5-8-25-9-11-28-12-10-25/h13H,1-12H2,(H3,19,20,21,22,23,24). The van der Waals surface area contributed by atoms with Crippen LogP contribution in [0.3, 0.4) is 0 Å². The highest BCUT2D eigenvalue weighted by atomic mass is 16.5. The maximum Gasteiger partial charge on any atom is 0.226 e. The molecule has 0 bridgehead atoms. The van der Waals surface area contributed by atoms with Gasteiger partial charge in [-0.2, -0.15) is 9.97 Å². The molecule has 4 rings (SSSR count). The Balaban J connectivity index is 1.30. The van der Waals surface area contributed by atoms with Crippen molar-refractivity contribution in [1.29, 1.82) is 0 Å². The summed E-state index contributed by atoms with van der Waals surface area (Å²) in [5.41, 5.74) is 1.45. The van der Waals surface area contributed by atoms with Crippen LogP contribution in [0.5, 0.6) is 0 Å². The second kappa shape index (κ2) is 9.16. The Hall–Kier alpha value is -2.46. The summed E-state index contributed by atoms with van der Waals surface area (Å²) in [6, 6.07) is 0. The Morgan fingerprint density at radius 2 is 2.00 bits per heavy atom. The van der Waals surface area contributed by atoms with Gasteiger partial charge in [0.1, 0.15) is 5.52 Å². The number of ether oxygens (including phenoxy) is 1. The number of fused-ring (bicyclic) bond motifs is 1. The van der Waals surface area contributed by atoms with Gasteiger partial charge in [-0.3, -0.25) is 9.69 Å². The van der Waals surface area contributed by atoms with Gasteiger partial charge in [-0.05, 0) is 12.8 Å². The number of nitrogens with one attached hydrogen (secondary N) is 3. The average Bonchev–Trinajstić information content (AvgIpc) is 3.35. The lowest BCUT2D eigenvalue weighted by Crippen LogP contribution is -2.39. The van der Waals surface area contributed by atoms with E-state index in [-0.39, 0.29) is 5.91 Å². The Kier molecular flexibility index (Phi) is 6.17. The number of aromatic nitrogens is 4. The number of aromatic amines is 1. The lowest BCUT2D eigenvalue weighted by Gasteiger charge is -2.26. The third kappa shape index (κ3) is 4.68. The summed E-state index contributed by atoms with van der Waals surface area (Å²) < 4.78 is 5.39. The van der Waals surface area contributed by atoms with Crippen LogP contribution in [0, 0.1) is 0 Å². The zero-order valence-electron chi connectivity index (χ0n) is 16.1. The third-order valence-corrected chi connectivity index (χ3v) is 5.17. The average molecular weight is 388 g/mol. The molecule has 2 saturated heterocycles. The van der Waals surface area contributed by atoms with E-state index in [1.165, 1.54) is 0 Å². The Morgan fingerprint density at radius 3 is 2.82 bits per heavy atom. The molecule has 0 radical (unpaired) electrons. The minimum atomic E-state index is 0.265. The summed E-state index contributed by atoms with van der Waals surface area (Å²) in [4.78, 5) is 32.4. The van der Waals surface area contributed by atoms with Crippen molar-refractivity contribution < 1.29 is 9.53 Å². The van der Waals surface area contributed by atoms with Crippen LogP contribution in [0.25, 0.3) is 11.2 Å². The van der Waals surface area contributed by atoms with E-state index in [2.05, 4.69) is 35.5 Å². The molecule has 10 nitrogen and oxygen atoms in total. The third-order valence-electron chi connectivity index (χ3n) is 5.17. The minimum absolute atomic E-state index is 0.265. The number of carbonyl (C=O) groups is 1. The van der Waals surface area contributed by atoms with Gasteiger partial charge < -0.3 is 25.3 Å². The fourth-order valence-electron chi connectivity index (χ4n) is 3.61. The van der Waals surface area contributed by atoms with E-state index in [9.17, 15) is 4.79 Å². The van der Waals surface area contributed by atoms with Crippen LogP contribution < -0.4 is 10.6 Å². The normalized spacial score (nSPS) is 18.1. The number of rotatable bonds is 9. The van der Waals surface area contributed by atoms with Gasteiger partial charge in [-0.1, -0.05) is 0 Å². The van der Waals surface area contributed by atoms with Crippen LogP contribution in [0.1, 0.15) is 19.3 Å². The van der Waals surface area contributed by atoms with Gasteiger partial charge in [0, 0.05) is 52.2 Å². The summed E-state index contributed by atoms with van der Waals surface area (Å²) in [5, 5.41) is 6.67. The predicted molar refractivity (Wildman–Crippen MR) is 106 cm³/mol. The van der Waals surface area contributed by atoms with Gasteiger partial charge >= 0.3 is 0 Å². The molecule has 0 spiro atoms. The Morgan fingerprint density at radius 1 is 1.11 bits per heavy atom. The number of hydrogen-bond donors (Lipinski definition) is 3. The van der Waals surface area contributed by atoms with Crippen molar-refractivity contribution in [2.24, 2.45) is 0 Å². The summed E-state index contributed by atoms with van der Waals surface area (Å²) in [7, 11) is 0. The van der Waals surface area contributed by atoms with Crippen molar-refractivity contribution >= 4 is 28.8 Å². The van der Waals surface area contributed by atoms with Gasteiger partial charge in [-0.15, -0.1) is 0 Å². The first-order valence-electron chi connectivity index (χ1n) is 10.1. The second-order valence-electron chi connectivity index (χ2n) is 7.14. The molecular formula is C18H28N8O2. The van der Waals surface area contributed by atoms with Crippen molar-refractivity contribution in [2.75, 3.05) is 69.7 Å². The fourth-order valence-corrected chi connectivity index (χ4v) is 3.61. The molecule has 28 heavy (non-hydrogen) atoms. The monoisotopic (exact) mass is 388 g/mol. The summed E-state index contributed by atoms with van der Waals surface area (Å²) in [5.74, 6) is 1.58. The molecule has 0 aliphatic carbocycles. The molecule has 2 aromatic heterocycles. The number of likely N-dealkylation sites (tertiary alicyclic amines) is 1. The van der Waals surface area contributed by atoms with E-state index in [4.69, 9.17) is 4.74 Å². The number of amides is 1. The van der Waals surface area contributed by atoms with Crippen LogP contribution in [0.2, 0.25) is 0 Å². The molecule has 0 aromatic carbocycles. The van der Waals surface area contributed by atoms with E-state index in [0.29, 0.717) is 24.6 Å². The first-order valence-corrected chi connectivity index (χ1v) is 10.1. The first-order chi connectivity index (χ1) is 13.8. The molecule has 1 amide bonds. The van der Waals surface area contributed by atoms with Crippen molar-refractivity contribution in [3.05, 3.63) is 6.33 Å². The maximum absolute atomic E-state index is 11.7. The molecule has 3 N–H and O–H groups in total. The van der Waals surface area contributed by atoms with Gasteiger partial charge in [0.25, 0.3) is 0 Å². The molecule has 2 aromatic rings. The Bertz CT molecular complexity index is 789. The van der Waals surface area contributed by atoms with Gasteiger partial charge in [0.05, 0.1) is 19.5 Å². The maximum atomic E-state index is 11.7. The molecule has 10 heteroatoms. The van der Waals surface area contributed by atoms with Gasteiger partial charge in [0.15, 0.2) is 11.5 Å². The number of imidazole rings is 1. The summed E-state index contributed by atoms with van der Waals surface area (Å²) in [6.07, 6.45) is 4.17. The minimum Gasteiger partial charge on any atom is -0.379 e. The van der Waals surface area contributed by atoms with E-state index in [1.54, 1.807) is 6.33 Å². The highest BCUT2D eigenvalue weighted by Gasteiger charge is 2.19. The summed E-state index contributed by atoms with van der Waals surface area (Å²) >= 11 is 0. The molecule has 152 valence electrons. The first kappa shape index (κ1) is 18.9. The van der Waals surface area contributed by atoms with Crippen LogP contribution >= 0.6 is 0 Å². The van der Waals surface area contributed by atoms with Crippen molar-refractivity contribution in [2.45, 2.75) is 19.3 Å². The fraction of sp³-hybridized carbons (Fsp3) is 0.667. The van der Waals surface area contributed by atoms with Crippen LogP contribution in [-0.2, 0) is 9.53 Å². The molecule has 0 unspecified atom stereocenters. The smallest absolute Gasteiger partial charge is 0.226 e. The van der Waals surface area contributed by atoms with Gasteiger partial charge in [-0.25, -0.2) is 4.98 Å². The molecular weight excluding hydrogens is 360 g/mol. The molecule has 2 aliphatic heterocycles. The SMILES string of the molecule is O=C1CCCN1CCCNc1nc(NCCN2CCOCC2)c2[nH]cnc2n1. The molecule has 2 fully saturated rings.